The fraction of sp³-hybridized carbons (Fsp3) is 0.412. The van der Waals surface area contributed by atoms with Crippen LogP contribution in [0.15, 0.2) is 24.3 Å². The molecule has 2 aliphatic rings. The number of carbonyl (C=O) groups is 4. The van der Waals surface area contributed by atoms with E-state index in [1.807, 2.05) is 0 Å². The Morgan fingerprint density at radius 3 is 2.44 bits per heavy atom. The first-order valence-electron chi connectivity index (χ1n) is 7.88. The quantitative estimate of drug-likeness (QED) is 0.487. The molecule has 0 bridgehead atoms. The number of imide groups is 1. The molecule has 1 N–H and O–H groups in total. The second-order valence-electron chi connectivity index (χ2n) is 6.29. The summed E-state index contributed by atoms with van der Waals surface area (Å²) in [6, 6.07) is 5.19. The summed E-state index contributed by atoms with van der Waals surface area (Å²) in [6.07, 6.45) is 1.76. The highest BCUT2D eigenvalue weighted by Gasteiger charge is 2.56. The summed E-state index contributed by atoms with van der Waals surface area (Å²) in [5.41, 5.74) is -0.615. The topological polar surface area (TPSA) is 102 Å². The molecule has 8 nitrogen and oxygen atoms in total. The van der Waals surface area contributed by atoms with Gasteiger partial charge >= 0.3 is 18.0 Å². The smallest absolute Gasteiger partial charge is 0.337 e. The Kier molecular flexibility index (Phi) is 4.20. The van der Waals surface area contributed by atoms with Crippen LogP contribution in [0.2, 0.25) is 0 Å². The van der Waals surface area contributed by atoms with Crippen molar-refractivity contribution in [3.05, 3.63) is 29.8 Å². The van der Waals surface area contributed by atoms with Crippen molar-refractivity contribution in [2.24, 2.45) is 5.92 Å². The summed E-state index contributed by atoms with van der Waals surface area (Å²) in [5.74, 6) is -1.32. The van der Waals surface area contributed by atoms with Crippen LogP contribution in [0.4, 0.5) is 4.79 Å². The van der Waals surface area contributed by atoms with E-state index >= 15 is 0 Å². The van der Waals surface area contributed by atoms with Gasteiger partial charge in [0, 0.05) is 0 Å². The summed E-state index contributed by atoms with van der Waals surface area (Å²) < 4.78 is 9.70. The number of hydrogen-bond acceptors (Lipinski definition) is 6. The number of hydrogen-bond donors (Lipinski definition) is 1. The van der Waals surface area contributed by atoms with Crippen LogP contribution in [0.5, 0.6) is 5.75 Å². The Labute approximate surface area is 144 Å². The van der Waals surface area contributed by atoms with Gasteiger partial charge in [0.25, 0.3) is 5.91 Å². The summed E-state index contributed by atoms with van der Waals surface area (Å²) in [7, 11) is 1.27. The minimum atomic E-state index is -0.931. The maximum atomic E-state index is 12.4. The van der Waals surface area contributed by atoms with Crippen LogP contribution in [-0.2, 0) is 14.3 Å². The maximum Gasteiger partial charge on any atom is 0.337 e. The molecule has 3 amide bonds. The highest BCUT2D eigenvalue weighted by Crippen LogP contribution is 2.42. The third kappa shape index (κ3) is 3.19. The van der Waals surface area contributed by atoms with Gasteiger partial charge in [0.2, 0.25) is 0 Å². The lowest BCUT2D eigenvalue weighted by Crippen LogP contribution is -2.46. The van der Waals surface area contributed by atoms with Crippen molar-refractivity contribution in [3.8, 4) is 5.75 Å². The van der Waals surface area contributed by atoms with Crippen LogP contribution in [0.25, 0.3) is 0 Å². The largest absolute Gasteiger partial charge is 0.465 e. The zero-order chi connectivity index (χ0) is 18.2. The van der Waals surface area contributed by atoms with Gasteiger partial charge in [-0.3, -0.25) is 9.69 Å². The van der Waals surface area contributed by atoms with E-state index in [2.05, 4.69) is 10.1 Å². The van der Waals surface area contributed by atoms with Gasteiger partial charge in [-0.1, -0.05) is 0 Å². The Bertz CT molecular complexity index is 740. The second-order valence-corrected chi connectivity index (χ2v) is 6.29. The number of rotatable bonds is 5. The van der Waals surface area contributed by atoms with Crippen molar-refractivity contribution >= 4 is 23.9 Å². The number of benzene rings is 1. The van der Waals surface area contributed by atoms with Crippen molar-refractivity contribution < 1.29 is 28.7 Å². The lowest BCUT2D eigenvalue weighted by Gasteiger charge is -2.20. The van der Waals surface area contributed by atoms with E-state index in [-0.39, 0.29) is 11.7 Å². The summed E-state index contributed by atoms with van der Waals surface area (Å²) in [4.78, 5) is 48.7. The van der Waals surface area contributed by atoms with Crippen LogP contribution in [0.3, 0.4) is 0 Å². The fourth-order valence-corrected chi connectivity index (χ4v) is 2.87. The van der Waals surface area contributed by atoms with Crippen LogP contribution < -0.4 is 10.1 Å². The number of methoxy groups -OCH3 is 1. The van der Waals surface area contributed by atoms with E-state index in [4.69, 9.17) is 4.74 Å². The molecule has 2 fully saturated rings. The summed E-state index contributed by atoms with van der Waals surface area (Å²) >= 11 is 0. The van der Waals surface area contributed by atoms with Crippen LogP contribution in [0, 0.1) is 5.92 Å². The number of ether oxygens (including phenoxy) is 2. The molecular formula is C17H18N2O6. The molecule has 3 rings (SSSR count). The molecule has 8 heteroatoms. The number of nitrogens with one attached hydrogen (secondary N) is 1. The zero-order valence-electron chi connectivity index (χ0n) is 13.9. The molecule has 132 valence electrons. The SMILES string of the molecule is COC(=O)c1ccc(OC(=O)CN2C(=O)N[C@](C)(C3CC3)C2=O)cc1. The van der Waals surface area contributed by atoms with Gasteiger partial charge in [0.1, 0.15) is 17.8 Å². The molecular weight excluding hydrogens is 328 g/mol. The highest BCUT2D eigenvalue weighted by molar-refractivity contribution is 6.09. The minimum absolute atomic E-state index is 0.121. The Morgan fingerprint density at radius 1 is 1.24 bits per heavy atom. The normalized spacial score (nSPS) is 22.6. The van der Waals surface area contributed by atoms with E-state index in [9.17, 15) is 19.2 Å². The highest BCUT2D eigenvalue weighted by atomic mass is 16.5. The first-order valence-corrected chi connectivity index (χ1v) is 7.88. The first kappa shape index (κ1) is 16.9. The van der Waals surface area contributed by atoms with Gasteiger partial charge in [-0.25, -0.2) is 14.4 Å². The summed E-state index contributed by atoms with van der Waals surface area (Å²) in [6.45, 7) is 1.22. The molecule has 1 heterocycles. The molecule has 0 aromatic heterocycles. The van der Waals surface area contributed by atoms with Crippen molar-refractivity contribution in [2.45, 2.75) is 25.3 Å². The molecule has 1 aliphatic carbocycles. The predicted octanol–water partition coefficient (Wildman–Crippen LogP) is 1.10. The van der Waals surface area contributed by atoms with E-state index in [0.717, 1.165) is 17.7 Å². The first-order chi connectivity index (χ1) is 11.8. The second kappa shape index (κ2) is 6.19. The third-order valence-electron chi connectivity index (χ3n) is 4.49. The molecule has 1 saturated carbocycles. The van der Waals surface area contributed by atoms with Crippen molar-refractivity contribution in [2.75, 3.05) is 13.7 Å². The Balaban J connectivity index is 1.62. The maximum absolute atomic E-state index is 12.4. The molecule has 0 spiro atoms. The number of amides is 3. The van der Waals surface area contributed by atoms with Gasteiger partial charge in [-0.05, 0) is 49.9 Å². The molecule has 1 aliphatic heterocycles. The number of nitrogens with zero attached hydrogens (tertiary/aromatic N) is 1. The average molecular weight is 346 g/mol. The molecule has 1 atom stereocenters. The molecule has 1 saturated heterocycles. The predicted molar refractivity (Wildman–Crippen MR) is 84.8 cm³/mol. The van der Waals surface area contributed by atoms with Crippen molar-refractivity contribution in [1.29, 1.82) is 0 Å². The lowest BCUT2D eigenvalue weighted by atomic mass is 9.96. The molecule has 1 aromatic carbocycles. The van der Waals surface area contributed by atoms with Gasteiger partial charge in [0.05, 0.1) is 12.7 Å². The Hall–Kier alpha value is -2.90. The van der Waals surface area contributed by atoms with Crippen LogP contribution in [0.1, 0.15) is 30.1 Å². The zero-order valence-corrected chi connectivity index (χ0v) is 13.9. The summed E-state index contributed by atoms with van der Waals surface area (Å²) in [5, 5.41) is 2.67. The Morgan fingerprint density at radius 2 is 1.88 bits per heavy atom. The van der Waals surface area contributed by atoms with E-state index in [1.54, 1.807) is 6.92 Å². The number of carbonyl (C=O) groups excluding carboxylic acids is 4. The van der Waals surface area contributed by atoms with Gasteiger partial charge in [-0.15, -0.1) is 0 Å². The lowest BCUT2D eigenvalue weighted by molar-refractivity contribution is -0.141. The average Bonchev–Trinajstić information content (AvgIpc) is 3.41. The number of urea groups is 1. The number of esters is 2. The van der Waals surface area contributed by atoms with Gasteiger partial charge in [-0.2, -0.15) is 0 Å². The van der Waals surface area contributed by atoms with Crippen LogP contribution in [-0.4, -0.2) is 48.0 Å². The fourth-order valence-electron chi connectivity index (χ4n) is 2.87. The molecule has 0 unspecified atom stereocenters. The standard InChI is InChI=1S/C17H18N2O6/c1-17(11-5-6-11)15(22)19(16(23)18-17)9-13(20)25-12-7-3-10(4-8-12)14(21)24-2/h3-4,7-8,11H,5-6,9H2,1-2H3,(H,18,23)/t17-/m1/s1. The van der Waals surface area contributed by atoms with E-state index < -0.39 is 36.0 Å². The molecule has 25 heavy (non-hydrogen) atoms. The monoisotopic (exact) mass is 346 g/mol. The van der Waals surface area contributed by atoms with Crippen molar-refractivity contribution in [3.63, 3.8) is 0 Å². The van der Waals surface area contributed by atoms with Crippen molar-refractivity contribution in [1.82, 2.24) is 10.2 Å². The molecule has 1 aromatic rings. The molecule has 0 radical (unpaired) electrons. The van der Waals surface area contributed by atoms with Crippen LogP contribution >= 0.6 is 0 Å². The van der Waals surface area contributed by atoms with Gasteiger partial charge < -0.3 is 14.8 Å². The van der Waals surface area contributed by atoms with E-state index in [0.29, 0.717) is 5.56 Å². The minimum Gasteiger partial charge on any atom is -0.465 e. The van der Waals surface area contributed by atoms with Gasteiger partial charge in [0.15, 0.2) is 0 Å². The van der Waals surface area contributed by atoms with E-state index in [1.165, 1.54) is 31.4 Å². The third-order valence-corrected chi connectivity index (χ3v) is 4.49.